The number of rotatable bonds is 7. The summed E-state index contributed by atoms with van der Waals surface area (Å²) < 4.78 is 0. The number of nitrogens with one attached hydrogen (secondary N) is 1. The molecule has 0 amide bonds. The maximum Gasteiger partial charge on any atom is 0.0127 e. The minimum Gasteiger partial charge on any atom is -0.314 e. The fraction of sp³-hybridized carbons (Fsp3) is 0.667. The topological polar surface area (TPSA) is 15.3 Å². The Morgan fingerprint density at radius 3 is 2.80 bits per heavy atom. The average Bonchev–Trinajstić information content (AvgIpc) is 2.67. The van der Waals surface area contributed by atoms with Crippen molar-refractivity contribution in [2.45, 2.75) is 25.8 Å². The van der Waals surface area contributed by atoms with Gasteiger partial charge >= 0.3 is 0 Å². The Kier molecular flexibility index (Phi) is 5.91. The third-order valence-electron chi connectivity index (χ3n) is 2.45. The summed E-state index contributed by atoms with van der Waals surface area (Å²) in [5.41, 5.74) is 0. The molecule has 1 atom stereocenters. The summed E-state index contributed by atoms with van der Waals surface area (Å²) in [5, 5.41) is 5.71. The minimum atomic E-state index is 0.621. The van der Waals surface area contributed by atoms with Crippen LogP contribution in [-0.4, -0.2) is 38.1 Å². The van der Waals surface area contributed by atoms with E-state index in [1.165, 1.54) is 17.7 Å². The SMILES string of the molecule is CCNC(CCN(C)C)Cc1cccs1. The molecule has 15 heavy (non-hydrogen) atoms. The van der Waals surface area contributed by atoms with Gasteiger partial charge in [-0.3, -0.25) is 0 Å². The Hall–Kier alpha value is -0.380. The van der Waals surface area contributed by atoms with E-state index in [1.54, 1.807) is 0 Å². The Labute approximate surface area is 97.3 Å². The average molecular weight is 226 g/mol. The van der Waals surface area contributed by atoms with Crippen molar-refractivity contribution in [3.05, 3.63) is 22.4 Å². The first-order valence-corrected chi connectivity index (χ1v) is 6.50. The molecule has 0 fully saturated rings. The van der Waals surface area contributed by atoms with E-state index in [-0.39, 0.29) is 0 Å². The number of thiophene rings is 1. The van der Waals surface area contributed by atoms with Gasteiger partial charge in [-0.1, -0.05) is 13.0 Å². The first-order chi connectivity index (χ1) is 7.22. The molecule has 0 aromatic carbocycles. The molecule has 1 unspecified atom stereocenters. The van der Waals surface area contributed by atoms with Crippen molar-refractivity contribution < 1.29 is 0 Å². The van der Waals surface area contributed by atoms with Crippen LogP contribution in [0.15, 0.2) is 17.5 Å². The quantitative estimate of drug-likeness (QED) is 0.767. The van der Waals surface area contributed by atoms with Gasteiger partial charge in [-0.15, -0.1) is 11.3 Å². The standard InChI is InChI=1S/C12H22N2S/c1-4-13-11(7-8-14(2)3)10-12-6-5-9-15-12/h5-6,9,11,13H,4,7-8,10H2,1-3H3. The Bertz CT molecular complexity index is 244. The van der Waals surface area contributed by atoms with Crippen LogP contribution < -0.4 is 5.32 Å². The van der Waals surface area contributed by atoms with Crippen LogP contribution in [0.2, 0.25) is 0 Å². The molecule has 0 saturated carbocycles. The molecule has 0 saturated heterocycles. The van der Waals surface area contributed by atoms with E-state index in [9.17, 15) is 0 Å². The van der Waals surface area contributed by atoms with Crippen LogP contribution in [0.3, 0.4) is 0 Å². The highest BCUT2D eigenvalue weighted by Crippen LogP contribution is 2.12. The summed E-state index contributed by atoms with van der Waals surface area (Å²) in [6.07, 6.45) is 2.39. The zero-order valence-corrected chi connectivity index (χ0v) is 10.8. The van der Waals surface area contributed by atoms with Crippen molar-refractivity contribution in [1.82, 2.24) is 10.2 Å². The molecular weight excluding hydrogens is 204 g/mol. The molecule has 0 aliphatic heterocycles. The highest BCUT2D eigenvalue weighted by atomic mass is 32.1. The number of hydrogen-bond donors (Lipinski definition) is 1. The van der Waals surface area contributed by atoms with E-state index in [0.29, 0.717) is 6.04 Å². The molecule has 1 rings (SSSR count). The van der Waals surface area contributed by atoms with Crippen LogP contribution in [0.1, 0.15) is 18.2 Å². The molecule has 2 nitrogen and oxygen atoms in total. The minimum absolute atomic E-state index is 0.621. The van der Waals surface area contributed by atoms with Crippen LogP contribution in [0, 0.1) is 0 Å². The van der Waals surface area contributed by atoms with Crippen molar-refractivity contribution in [3.63, 3.8) is 0 Å². The van der Waals surface area contributed by atoms with Gasteiger partial charge in [-0.2, -0.15) is 0 Å². The molecular formula is C12H22N2S. The number of likely N-dealkylation sites (N-methyl/N-ethyl adjacent to an activating group) is 1. The van der Waals surface area contributed by atoms with E-state index < -0.39 is 0 Å². The van der Waals surface area contributed by atoms with Crippen molar-refractivity contribution in [3.8, 4) is 0 Å². The fourth-order valence-corrected chi connectivity index (χ4v) is 2.44. The zero-order chi connectivity index (χ0) is 11.1. The van der Waals surface area contributed by atoms with Gasteiger partial charge < -0.3 is 10.2 Å². The maximum atomic E-state index is 3.56. The molecule has 3 heteroatoms. The molecule has 0 aliphatic rings. The van der Waals surface area contributed by atoms with Crippen LogP contribution in [0.5, 0.6) is 0 Å². The summed E-state index contributed by atoms with van der Waals surface area (Å²) in [6.45, 7) is 4.39. The molecule has 0 spiro atoms. The second kappa shape index (κ2) is 6.99. The highest BCUT2D eigenvalue weighted by Gasteiger charge is 2.09. The molecule has 1 aromatic heterocycles. The second-order valence-electron chi connectivity index (χ2n) is 4.13. The van der Waals surface area contributed by atoms with Gasteiger partial charge in [0.15, 0.2) is 0 Å². The Balaban J connectivity index is 2.36. The molecule has 1 aromatic rings. The van der Waals surface area contributed by atoms with E-state index in [0.717, 1.165) is 13.1 Å². The lowest BCUT2D eigenvalue weighted by molar-refractivity contribution is 0.359. The lowest BCUT2D eigenvalue weighted by Crippen LogP contribution is -2.33. The largest absolute Gasteiger partial charge is 0.314 e. The van der Waals surface area contributed by atoms with Crippen molar-refractivity contribution >= 4 is 11.3 Å². The Morgan fingerprint density at radius 2 is 2.27 bits per heavy atom. The monoisotopic (exact) mass is 226 g/mol. The molecule has 86 valence electrons. The van der Waals surface area contributed by atoms with Crippen LogP contribution >= 0.6 is 11.3 Å². The van der Waals surface area contributed by atoms with E-state index in [1.807, 2.05) is 11.3 Å². The van der Waals surface area contributed by atoms with Gasteiger partial charge in [-0.25, -0.2) is 0 Å². The number of hydrogen-bond acceptors (Lipinski definition) is 3. The molecule has 0 radical (unpaired) electrons. The lowest BCUT2D eigenvalue weighted by Gasteiger charge is -2.19. The highest BCUT2D eigenvalue weighted by molar-refractivity contribution is 7.09. The maximum absolute atomic E-state index is 3.56. The van der Waals surface area contributed by atoms with Crippen LogP contribution in [0.4, 0.5) is 0 Å². The van der Waals surface area contributed by atoms with Gasteiger partial charge in [0.2, 0.25) is 0 Å². The smallest absolute Gasteiger partial charge is 0.0127 e. The van der Waals surface area contributed by atoms with E-state index in [2.05, 4.69) is 48.7 Å². The third-order valence-corrected chi connectivity index (χ3v) is 3.34. The van der Waals surface area contributed by atoms with Gasteiger partial charge in [0.25, 0.3) is 0 Å². The molecule has 1 heterocycles. The molecule has 0 bridgehead atoms. The van der Waals surface area contributed by atoms with Crippen molar-refractivity contribution in [1.29, 1.82) is 0 Å². The summed E-state index contributed by atoms with van der Waals surface area (Å²) in [4.78, 5) is 3.73. The Morgan fingerprint density at radius 1 is 1.47 bits per heavy atom. The van der Waals surface area contributed by atoms with Crippen molar-refractivity contribution in [2.75, 3.05) is 27.2 Å². The number of nitrogens with zero attached hydrogens (tertiary/aromatic N) is 1. The summed E-state index contributed by atoms with van der Waals surface area (Å²) >= 11 is 1.86. The summed E-state index contributed by atoms with van der Waals surface area (Å²) in [7, 11) is 4.27. The van der Waals surface area contributed by atoms with Crippen molar-refractivity contribution in [2.24, 2.45) is 0 Å². The van der Waals surface area contributed by atoms with Gasteiger partial charge in [-0.05, 0) is 51.5 Å². The summed E-state index contributed by atoms with van der Waals surface area (Å²) in [6, 6.07) is 4.98. The van der Waals surface area contributed by atoms with E-state index in [4.69, 9.17) is 0 Å². The predicted molar refractivity (Wildman–Crippen MR) is 68.7 cm³/mol. The zero-order valence-electron chi connectivity index (χ0n) is 9.99. The molecule has 0 aliphatic carbocycles. The van der Waals surface area contributed by atoms with Crippen LogP contribution in [-0.2, 0) is 6.42 Å². The predicted octanol–water partition coefficient (Wildman–Crippen LogP) is 2.22. The third kappa shape index (κ3) is 5.30. The molecule has 1 N–H and O–H groups in total. The summed E-state index contributed by atoms with van der Waals surface area (Å²) in [5.74, 6) is 0. The van der Waals surface area contributed by atoms with Crippen LogP contribution in [0.25, 0.3) is 0 Å². The van der Waals surface area contributed by atoms with Gasteiger partial charge in [0.1, 0.15) is 0 Å². The normalized spacial score (nSPS) is 13.3. The fourth-order valence-electron chi connectivity index (χ4n) is 1.65. The first kappa shape index (κ1) is 12.7. The second-order valence-corrected chi connectivity index (χ2v) is 5.16. The lowest BCUT2D eigenvalue weighted by atomic mass is 10.1. The first-order valence-electron chi connectivity index (χ1n) is 5.63. The van der Waals surface area contributed by atoms with Gasteiger partial charge in [0.05, 0.1) is 0 Å². The van der Waals surface area contributed by atoms with Gasteiger partial charge in [0, 0.05) is 10.9 Å². The van der Waals surface area contributed by atoms with E-state index >= 15 is 0 Å².